The third kappa shape index (κ3) is 3.79. The van der Waals surface area contributed by atoms with E-state index in [4.69, 9.17) is 4.55 Å². The molecule has 0 saturated heterocycles. The van der Waals surface area contributed by atoms with Gasteiger partial charge in [0.15, 0.2) is 0 Å². The Kier molecular flexibility index (Phi) is 5.07. The Morgan fingerprint density at radius 3 is 2.62 bits per heavy atom. The smallest absolute Gasteiger partial charge is 0.506 e. The van der Waals surface area contributed by atoms with E-state index in [1.165, 1.54) is 6.92 Å². The van der Waals surface area contributed by atoms with Gasteiger partial charge < -0.3 is 15.0 Å². The van der Waals surface area contributed by atoms with Crippen molar-refractivity contribution < 1.29 is 36.6 Å². The summed E-state index contributed by atoms with van der Waals surface area (Å²) in [4.78, 5) is 10.9. The van der Waals surface area contributed by atoms with Crippen molar-refractivity contribution in [3.63, 3.8) is 0 Å². The number of hydrogen-bond acceptors (Lipinski definition) is 7. The molecule has 0 saturated carbocycles. The molecule has 0 atom stereocenters. The monoisotopic (exact) mass is 361 g/mol. The number of phenols is 1. The molecule has 0 unspecified atom stereocenters. The van der Waals surface area contributed by atoms with Crippen LogP contribution in [0, 0.1) is 6.92 Å². The number of aryl methyl sites for hydroxylation is 1. The second-order valence-electron chi connectivity index (χ2n) is 3.81. The summed E-state index contributed by atoms with van der Waals surface area (Å²) < 4.78 is 30.8. The number of aromatic nitrogens is 2. The second kappa shape index (κ2) is 6.22. The first-order valence-electron chi connectivity index (χ1n) is 5.23. The van der Waals surface area contributed by atoms with Crippen molar-refractivity contribution in [1.82, 2.24) is 10.2 Å². The first-order chi connectivity index (χ1) is 9.29. The third-order valence-corrected chi connectivity index (χ3v) is 3.24. The van der Waals surface area contributed by atoms with E-state index in [2.05, 4.69) is 20.4 Å². The minimum absolute atomic E-state index is 0. The predicted molar refractivity (Wildman–Crippen MR) is 68.4 cm³/mol. The van der Waals surface area contributed by atoms with Crippen LogP contribution in [-0.2, 0) is 27.2 Å². The number of aromatic amines is 1. The van der Waals surface area contributed by atoms with Crippen LogP contribution in [0.5, 0.6) is 5.75 Å². The van der Waals surface area contributed by atoms with Gasteiger partial charge in [-0.15, -0.1) is 5.69 Å². The maximum atomic E-state index is 11.3. The minimum atomic E-state index is -4.42. The SMILES string of the molecule is Cc1n[nH]c(=O)[c-]1N=Nc1cc(S(=O)(=O)O)ccc1O.[Cu].[H+]. The van der Waals surface area contributed by atoms with Gasteiger partial charge >= 0.3 is 1.43 Å². The Morgan fingerprint density at radius 2 is 2.10 bits per heavy atom. The maximum absolute atomic E-state index is 11.3. The maximum Gasteiger partial charge on any atom is 1.00 e. The summed E-state index contributed by atoms with van der Waals surface area (Å²) in [6.45, 7) is 1.53. The van der Waals surface area contributed by atoms with Crippen molar-refractivity contribution in [3.05, 3.63) is 34.2 Å². The Balaban J connectivity index is 0.00000220. The van der Waals surface area contributed by atoms with Crippen LogP contribution in [0.25, 0.3) is 0 Å². The molecule has 3 N–H and O–H groups in total. The normalized spacial score (nSPS) is 11.5. The third-order valence-electron chi connectivity index (χ3n) is 2.39. The quantitative estimate of drug-likeness (QED) is 0.325. The molecule has 0 spiro atoms. The zero-order chi connectivity index (χ0) is 14.9. The molecule has 1 aromatic carbocycles. The number of aromatic hydroxyl groups is 1. The predicted octanol–water partition coefficient (Wildman–Crippen LogP) is 1.27. The Morgan fingerprint density at radius 1 is 1.43 bits per heavy atom. The zero-order valence-electron chi connectivity index (χ0n) is 11.4. The topological polar surface area (TPSA) is 145 Å². The molecule has 1 heterocycles. The van der Waals surface area contributed by atoms with E-state index < -0.39 is 20.6 Å². The summed E-state index contributed by atoms with van der Waals surface area (Å²) in [5.41, 5.74) is -0.511. The molecule has 2 aromatic rings. The molecule has 0 bridgehead atoms. The summed E-state index contributed by atoms with van der Waals surface area (Å²) in [5.74, 6) is -0.352. The van der Waals surface area contributed by atoms with Crippen molar-refractivity contribution in [2.75, 3.05) is 0 Å². The van der Waals surface area contributed by atoms with Gasteiger partial charge in [0.25, 0.3) is 10.1 Å². The van der Waals surface area contributed by atoms with E-state index >= 15 is 0 Å². The fraction of sp³-hybridized carbons (Fsp3) is 0.100. The Labute approximate surface area is 130 Å². The van der Waals surface area contributed by atoms with Gasteiger partial charge in [0, 0.05) is 17.1 Å². The van der Waals surface area contributed by atoms with E-state index in [-0.39, 0.29) is 35.6 Å². The minimum Gasteiger partial charge on any atom is -0.506 e. The van der Waals surface area contributed by atoms with Crippen LogP contribution in [-0.4, -0.2) is 28.3 Å². The molecule has 1 radical (unpaired) electrons. The first-order valence-corrected chi connectivity index (χ1v) is 6.67. The average molecular weight is 362 g/mol. The fourth-order valence-electron chi connectivity index (χ4n) is 1.37. The van der Waals surface area contributed by atoms with E-state index in [9.17, 15) is 18.3 Å². The van der Waals surface area contributed by atoms with Crippen LogP contribution >= 0.6 is 0 Å². The largest absolute Gasteiger partial charge is 1.00 e. The van der Waals surface area contributed by atoms with Crippen molar-refractivity contribution in [2.45, 2.75) is 11.8 Å². The van der Waals surface area contributed by atoms with Crippen LogP contribution in [0.15, 0.2) is 38.1 Å². The number of nitrogens with zero attached hydrogens (tertiary/aromatic N) is 3. The zero-order valence-corrected chi connectivity index (χ0v) is 12.2. The summed E-state index contributed by atoms with van der Waals surface area (Å²) >= 11 is 0. The van der Waals surface area contributed by atoms with E-state index in [0.29, 0.717) is 5.69 Å². The van der Waals surface area contributed by atoms with Crippen molar-refractivity contribution in [1.29, 1.82) is 0 Å². The van der Waals surface area contributed by atoms with Crippen LogP contribution < -0.4 is 5.56 Å². The molecule has 21 heavy (non-hydrogen) atoms. The molecular formula is C10H10CuN4O5S. The van der Waals surface area contributed by atoms with Crippen LogP contribution in [0.2, 0.25) is 0 Å². The number of azo groups is 1. The van der Waals surface area contributed by atoms with E-state index in [1.54, 1.807) is 0 Å². The van der Waals surface area contributed by atoms with Crippen LogP contribution in [0.1, 0.15) is 7.12 Å². The summed E-state index contributed by atoms with van der Waals surface area (Å²) in [6, 6.07) is 2.97. The molecule has 11 heteroatoms. The van der Waals surface area contributed by atoms with E-state index in [0.717, 1.165) is 18.2 Å². The standard InChI is InChI=1S/C10H9N4O5S.Cu/c1-5-9(10(16)14-11-5)13-12-7-4-6(20(17,18)19)2-3-8(7)15;/h2-4,15H,1H3,(H,14,16)(H,17,18,19);/q-1;/p+1. The molecule has 0 fully saturated rings. The van der Waals surface area contributed by atoms with Gasteiger partial charge in [0.2, 0.25) is 0 Å². The van der Waals surface area contributed by atoms with Crippen molar-refractivity contribution in [2.24, 2.45) is 10.2 Å². The van der Waals surface area contributed by atoms with Crippen molar-refractivity contribution >= 4 is 21.5 Å². The first kappa shape index (κ1) is 17.1. The van der Waals surface area contributed by atoms with Gasteiger partial charge in [-0.2, -0.15) is 13.5 Å². The second-order valence-corrected chi connectivity index (χ2v) is 5.23. The molecule has 9 nitrogen and oxygen atoms in total. The van der Waals surface area contributed by atoms with Gasteiger partial charge in [-0.25, -0.2) is 5.10 Å². The van der Waals surface area contributed by atoms with Gasteiger partial charge in [0.05, 0.1) is 4.90 Å². The molecule has 0 aliphatic rings. The van der Waals surface area contributed by atoms with Crippen LogP contribution in [0.4, 0.5) is 11.4 Å². The molecule has 117 valence electrons. The summed E-state index contributed by atoms with van der Waals surface area (Å²) in [6.07, 6.45) is 0. The van der Waals surface area contributed by atoms with E-state index in [1.807, 2.05) is 0 Å². The fourth-order valence-corrected chi connectivity index (χ4v) is 1.87. The van der Waals surface area contributed by atoms with Crippen LogP contribution in [0.3, 0.4) is 0 Å². The number of rotatable bonds is 3. The molecule has 2 rings (SSSR count). The number of phenolic OH excluding ortho intramolecular Hbond substituents is 1. The Hall–Kier alpha value is -1.94. The summed E-state index contributed by atoms with van der Waals surface area (Å²) in [5, 5.41) is 22.5. The molecule has 0 aliphatic heterocycles. The number of benzene rings is 1. The molecule has 1 aromatic heterocycles. The number of nitrogens with one attached hydrogen (secondary N) is 1. The summed E-state index contributed by atoms with van der Waals surface area (Å²) in [7, 11) is -4.42. The molecule has 0 aliphatic carbocycles. The van der Waals surface area contributed by atoms with Gasteiger partial charge in [-0.3, -0.25) is 9.65 Å². The molecular weight excluding hydrogens is 352 g/mol. The van der Waals surface area contributed by atoms with Gasteiger partial charge in [-0.05, 0) is 18.2 Å². The Bertz CT molecular complexity index is 845. The number of hydrogen-bond donors (Lipinski definition) is 3. The molecule has 0 amide bonds. The van der Waals surface area contributed by atoms with Gasteiger partial charge in [-0.1, -0.05) is 12.6 Å². The number of H-pyrrole nitrogens is 1. The average Bonchev–Trinajstić information content (AvgIpc) is 2.67. The van der Waals surface area contributed by atoms with Crippen molar-refractivity contribution in [3.8, 4) is 5.75 Å². The van der Waals surface area contributed by atoms with Gasteiger partial charge in [0.1, 0.15) is 17.0 Å².